The quantitative estimate of drug-likeness (QED) is 0.199. The average Bonchev–Trinajstić information content (AvgIpc) is 2.84. The van der Waals surface area contributed by atoms with Gasteiger partial charge in [0.2, 0.25) is 0 Å². The number of allylic oxidation sites excluding steroid dienone is 2. The van der Waals surface area contributed by atoms with Crippen molar-refractivity contribution >= 4 is 0 Å². The molecule has 3 aromatic rings. The topological polar surface area (TPSA) is 9.23 Å². The second-order valence-electron chi connectivity index (χ2n) is 8.65. The summed E-state index contributed by atoms with van der Waals surface area (Å²) in [4.78, 5) is 0. The fourth-order valence-corrected chi connectivity index (χ4v) is 4.59. The van der Waals surface area contributed by atoms with Crippen molar-refractivity contribution in [2.75, 3.05) is 0 Å². The van der Waals surface area contributed by atoms with Gasteiger partial charge in [0.25, 0.3) is 0 Å². The van der Waals surface area contributed by atoms with E-state index in [9.17, 15) is 22.0 Å². The maximum atomic E-state index is 15.0. The van der Waals surface area contributed by atoms with E-state index in [4.69, 9.17) is 4.74 Å². The number of halogens is 5. The smallest absolute Gasteiger partial charge is 0.194 e. The molecule has 0 heterocycles. The Labute approximate surface area is 195 Å². The molecule has 1 fully saturated rings. The molecule has 0 aromatic heterocycles. The molecule has 0 N–H and O–H groups in total. The van der Waals surface area contributed by atoms with Crippen LogP contribution in [0.15, 0.2) is 60.7 Å². The van der Waals surface area contributed by atoms with Crippen molar-refractivity contribution < 1.29 is 26.7 Å². The zero-order chi connectivity index (χ0) is 24.2. The van der Waals surface area contributed by atoms with E-state index in [1.165, 1.54) is 0 Å². The van der Waals surface area contributed by atoms with Crippen LogP contribution >= 0.6 is 0 Å². The van der Waals surface area contributed by atoms with Gasteiger partial charge < -0.3 is 4.74 Å². The Morgan fingerprint density at radius 3 is 2.06 bits per heavy atom. The number of ether oxygens (including phenoxy) is 1. The fraction of sp³-hybridized carbons (Fsp3) is 0.286. The molecule has 0 aliphatic heterocycles. The standard InChI is InChI=1S/C28H25F5O/c1-2-3-17-4-6-19(7-5-17)22-12-13-23(27(32)26(22)31)20-8-10-21(11-9-20)34-16-18-14-24(29)28(33)25(30)15-18/h2-3,8-15,17,19H,4-7,16H2,1H3/b3-2+. The maximum absolute atomic E-state index is 15.0. The summed E-state index contributed by atoms with van der Waals surface area (Å²) in [6, 6.07) is 11.3. The number of benzene rings is 3. The SMILES string of the molecule is C/C=C/C1CCC(c2ccc(-c3ccc(OCc4cc(F)c(F)c(F)c4)cc3)c(F)c2F)CC1. The van der Waals surface area contributed by atoms with Gasteiger partial charge in [0.1, 0.15) is 12.4 Å². The molecular formula is C28H25F5O. The van der Waals surface area contributed by atoms with Gasteiger partial charge in [-0.25, -0.2) is 22.0 Å². The average molecular weight is 472 g/mol. The van der Waals surface area contributed by atoms with Crippen molar-refractivity contribution in [3.05, 3.63) is 101 Å². The minimum Gasteiger partial charge on any atom is -0.489 e. The van der Waals surface area contributed by atoms with Crippen LogP contribution in [0.3, 0.4) is 0 Å². The van der Waals surface area contributed by atoms with E-state index < -0.39 is 29.1 Å². The molecule has 1 aliphatic rings. The molecule has 3 aromatic carbocycles. The summed E-state index contributed by atoms with van der Waals surface area (Å²) in [5, 5.41) is 0. The van der Waals surface area contributed by atoms with Crippen molar-refractivity contribution in [2.45, 2.75) is 45.1 Å². The molecule has 4 rings (SSSR count). The summed E-state index contributed by atoms with van der Waals surface area (Å²) in [5.74, 6) is -4.90. The molecule has 1 aliphatic carbocycles. The lowest BCUT2D eigenvalue weighted by Gasteiger charge is -2.27. The summed E-state index contributed by atoms with van der Waals surface area (Å²) in [6.07, 6.45) is 7.82. The highest BCUT2D eigenvalue weighted by molar-refractivity contribution is 5.65. The summed E-state index contributed by atoms with van der Waals surface area (Å²) in [7, 11) is 0. The monoisotopic (exact) mass is 472 g/mol. The molecule has 6 heteroatoms. The first kappa shape index (κ1) is 24.0. The molecule has 0 atom stereocenters. The summed E-state index contributed by atoms with van der Waals surface area (Å²) in [6.45, 7) is 1.81. The predicted molar refractivity (Wildman–Crippen MR) is 122 cm³/mol. The highest BCUT2D eigenvalue weighted by Gasteiger charge is 2.25. The van der Waals surface area contributed by atoms with E-state index >= 15 is 0 Å². The van der Waals surface area contributed by atoms with Crippen LogP contribution in [0, 0.1) is 35.0 Å². The molecule has 0 spiro atoms. The Balaban J connectivity index is 1.45. The first-order valence-electron chi connectivity index (χ1n) is 11.3. The van der Waals surface area contributed by atoms with Crippen molar-refractivity contribution in [2.24, 2.45) is 5.92 Å². The zero-order valence-corrected chi connectivity index (χ0v) is 18.8. The van der Waals surface area contributed by atoms with E-state index in [0.717, 1.165) is 37.8 Å². The second kappa shape index (κ2) is 10.4. The van der Waals surface area contributed by atoms with Crippen LogP contribution in [0.25, 0.3) is 11.1 Å². The third kappa shape index (κ3) is 5.16. The largest absolute Gasteiger partial charge is 0.489 e. The van der Waals surface area contributed by atoms with Crippen molar-refractivity contribution in [1.29, 1.82) is 0 Å². The number of hydrogen-bond acceptors (Lipinski definition) is 1. The van der Waals surface area contributed by atoms with Crippen LogP contribution < -0.4 is 4.74 Å². The fourth-order valence-electron chi connectivity index (χ4n) is 4.59. The van der Waals surface area contributed by atoms with Crippen LogP contribution in [0.5, 0.6) is 5.75 Å². The molecule has 0 saturated heterocycles. The molecule has 0 radical (unpaired) electrons. The lowest BCUT2D eigenvalue weighted by molar-refractivity contribution is 0.303. The Kier molecular flexibility index (Phi) is 7.35. The van der Waals surface area contributed by atoms with E-state index in [1.807, 2.05) is 13.0 Å². The molecule has 1 nitrogen and oxygen atoms in total. The Morgan fingerprint density at radius 1 is 0.794 bits per heavy atom. The van der Waals surface area contributed by atoms with Crippen LogP contribution in [-0.2, 0) is 6.61 Å². The van der Waals surface area contributed by atoms with Gasteiger partial charge in [0.05, 0.1) is 0 Å². The molecule has 1 saturated carbocycles. The lowest BCUT2D eigenvalue weighted by atomic mass is 9.78. The van der Waals surface area contributed by atoms with Crippen LogP contribution in [0.1, 0.15) is 49.7 Å². The first-order valence-corrected chi connectivity index (χ1v) is 11.3. The molecular weight excluding hydrogens is 447 g/mol. The van der Waals surface area contributed by atoms with Gasteiger partial charge in [-0.15, -0.1) is 0 Å². The molecule has 0 unspecified atom stereocenters. The van der Waals surface area contributed by atoms with Crippen molar-refractivity contribution in [3.63, 3.8) is 0 Å². The van der Waals surface area contributed by atoms with Gasteiger partial charge in [-0.2, -0.15) is 0 Å². The molecule has 0 bridgehead atoms. The van der Waals surface area contributed by atoms with E-state index in [-0.39, 0.29) is 23.7 Å². The second-order valence-corrected chi connectivity index (χ2v) is 8.65. The minimum atomic E-state index is -1.53. The number of rotatable bonds is 6. The summed E-state index contributed by atoms with van der Waals surface area (Å²) >= 11 is 0. The minimum absolute atomic E-state index is 0.0157. The zero-order valence-electron chi connectivity index (χ0n) is 18.8. The van der Waals surface area contributed by atoms with Gasteiger partial charge in [-0.3, -0.25) is 0 Å². The van der Waals surface area contributed by atoms with E-state index in [1.54, 1.807) is 36.4 Å². The normalized spacial score (nSPS) is 18.4. The van der Waals surface area contributed by atoms with Crippen LogP contribution in [0.2, 0.25) is 0 Å². The van der Waals surface area contributed by atoms with Gasteiger partial charge in [-0.1, -0.05) is 36.4 Å². The Hall–Kier alpha value is -3.15. The third-order valence-corrected chi connectivity index (χ3v) is 6.40. The van der Waals surface area contributed by atoms with Gasteiger partial charge in [0, 0.05) is 5.56 Å². The first-order chi connectivity index (χ1) is 16.4. The molecule has 178 valence electrons. The van der Waals surface area contributed by atoms with Gasteiger partial charge in [0.15, 0.2) is 29.1 Å². The summed E-state index contributed by atoms with van der Waals surface area (Å²) < 4.78 is 75.1. The van der Waals surface area contributed by atoms with E-state index in [0.29, 0.717) is 22.8 Å². The third-order valence-electron chi connectivity index (χ3n) is 6.40. The van der Waals surface area contributed by atoms with Crippen molar-refractivity contribution in [1.82, 2.24) is 0 Å². The van der Waals surface area contributed by atoms with Gasteiger partial charge >= 0.3 is 0 Å². The number of hydrogen-bond donors (Lipinski definition) is 0. The molecule has 0 amide bonds. The maximum Gasteiger partial charge on any atom is 0.194 e. The van der Waals surface area contributed by atoms with Crippen LogP contribution in [-0.4, -0.2) is 0 Å². The predicted octanol–water partition coefficient (Wildman–Crippen LogP) is 8.48. The van der Waals surface area contributed by atoms with E-state index in [2.05, 4.69) is 6.08 Å². The van der Waals surface area contributed by atoms with Gasteiger partial charge in [-0.05, 0) is 85.4 Å². The Bertz CT molecular complexity index is 1160. The molecule has 34 heavy (non-hydrogen) atoms. The van der Waals surface area contributed by atoms with Crippen LogP contribution in [0.4, 0.5) is 22.0 Å². The lowest BCUT2D eigenvalue weighted by Crippen LogP contribution is -2.13. The van der Waals surface area contributed by atoms with Crippen molar-refractivity contribution in [3.8, 4) is 16.9 Å². The Morgan fingerprint density at radius 2 is 1.44 bits per heavy atom. The summed E-state index contributed by atoms with van der Waals surface area (Å²) in [5.41, 5.74) is 1.19. The highest BCUT2D eigenvalue weighted by Crippen LogP contribution is 2.39. The highest BCUT2D eigenvalue weighted by atomic mass is 19.2.